The fourth-order valence-electron chi connectivity index (χ4n) is 3.21. The highest BCUT2D eigenvalue weighted by Gasteiger charge is 2.21. The molecule has 0 radical (unpaired) electrons. The number of hydrogen-bond donors (Lipinski definition) is 2. The lowest BCUT2D eigenvalue weighted by atomic mass is 9.95. The van der Waals surface area contributed by atoms with Crippen LogP contribution in [0.2, 0.25) is 0 Å². The first-order chi connectivity index (χ1) is 13.4. The van der Waals surface area contributed by atoms with Crippen LogP contribution in [0.15, 0.2) is 42.5 Å². The summed E-state index contributed by atoms with van der Waals surface area (Å²) in [6, 6.07) is 12.3. The number of carbonyl (C=O) groups excluding carboxylic acids is 1. The summed E-state index contributed by atoms with van der Waals surface area (Å²) in [6.07, 6.45) is 0.887. The van der Waals surface area contributed by atoms with Gasteiger partial charge in [0.25, 0.3) is 0 Å². The predicted molar refractivity (Wildman–Crippen MR) is 105 cm³/mol. The molecule has 0 bridgehead atoms. The van der Waals surface area contributed by atoms with E-state index in [4.69, 9.17) is 14.6 Å². The molecule has 1 amide bonds. The summed E-state index contributed by atoms with van der Waals surface area (Å²) in [5.41, 5.74) is 2.16. The van der Waals surface area contributed by atoms with Gasteiger partial charge in [-0.15, -0.1) is 0 Å². The summed E-state index contributed by atoms with van der Waals surface area (Å²) in [5, 5.41) is 12.1. The number of aryl methyl sites for hydroxylation is 1. The van der Waals surface area contributed by atoms with E-state index in [9.17, 15) is 9.59 Å². The Morgan fingerprint density at radius 1 is 1.04 bits per heavy atom. The molecular formula is C22H25NO5. The van der Waals surface area contributed by atoms with E-state index < -0.39 is 5.97 Å². The zero-order chi connectivity index (χ0) is 20.1. The van der Waals surface area contributed by atoms with Gasteiger partial charge in [-0.3, -0.25) is 4.79 Å². The number of carbonyl (C=O) groups is 2. The Kier molecular flexibility index (Phi) is 6.19. The molecule has 1 unspecified atom stereocenters. The SMILES string of the molecule is CC(C)C(NC(=O)CCc1ccc(C(=O)O)cc1)c1ccc2c(c1)OCCO2. The Hall–Kier alpha value is -3.02. The predicted octanol–water partition coefficient (Wildman–Crippen LogP) is 3.60. The van der Waals surface area contributed by atoms with E-state index in [0.29, 0.717) is 31.8 Å². The maximum atomic E-state index is 12.5. The zero-order valence-electron chi connectivity index (χ0n) is 16.1. The van der Waals surface area contributed by atoms with Gasteiger partial charge in [0.1, 0.15) is 13.2 Å². The van der Waals surface area contributed by atoms with E-state index in [0.717, 1.165) is 16.9 Å². The molecule has 3 rings (SSSR count). The molecule has 0 aromatic heterocycles. The van der Waals surface area contributed by atoms with E-state index in [1.165, 1.54) is 0 Å². The molecule has 2 aromatic carbocycles. The number of carboxylic acid groups (broad SMARTS) is 1. The normalized spacial score (nSPS) is 13.8. The molecule has 0 spiro atoms. The molecule has 0 saturated heterocycles. The van der Waals surface area contributed by atoms with Crippen LogP contribution in [0.4, 0.5) is 0 Å². The van der Waals surface area contributed by atoms with E-state index in [1.54, 1.807) is 24.3 Å². The molecule has 1 aliphatic rings. The Bertz CT molecular complexity index is 845. The van der Waals surface area contributed by atoms with E-state index in [1.807, 2.05) is 18.2 Å². The average Bonchev–Trinajstić information content (AvgIpc) is 2.70. The van der Waals surface area contributed by atoms with E-state index >= 15 is 0 Å². The van der Waals surface area contributed by atoms with Crippen LogP contribution in [-0.4, -0.2) is 30.2 Å². The second-order valence-corrected chi connectivity index (χ2v) is 7.19. The third-order valence-corrected chi connectivity index (χ3v) is 4.75. The lowest BCUT2D eigenvalue weighted by Crippen LogP contribution is -2.32. The largest absolute Gasteiger partial charge is 0.486 e. The fraction of sp³-hybridized carbons (Fsp3) is 0.364. The van der Waals surface area contributed by atoms with Crippen LogP contribution in [0, 0.1) is 5.92 Å². The number of aromatic carboxylic acids is 1. The van der Waals surface area contributed by atoms with E-state index in [2.05, 4.69) is 19.2 Å². The first-order valence-electron chi connectivity index (χ1n) is 9.45. The van der Waals surface area contributed by atoms with Gasteiger partial charge in [-0.1, -0.05) is 32.0 Å². The van der Waals surface area contributed by atoms with Gasteiger partial charge in [-0.05, 0) is 47.7 Å². The molecule has 1 aliphatic heterocycles. The maximum absolute atomic E-state index is 12.5. The standard InChI is InChI=1S/C22H25NO5/c1-14(2)21(17-8-9-18-19(13-17)28-12-11-27-18)23-20(24)10-5-15-3-6-16(7-4-15)22(25)26/h3-4,6-9,13-14,21H,5,10-12H2,1-2H3,(H,23,24)(H,25,26). The summed E-state index contributed by atoms with van der Waals surface area (Å²) >= 11 is 0. The van der Waals surface area contributed by atoms with Crippen molar-refractivity contribution in [1.29, 1.82) is 0 Å². The highest BCUT2D eigenvalue weighted by atomic mass is 16.6. The number of fused-ring (bicyclic) bond motifs is 1. The van der Waals surface area contributed by atoms with Crippen molar-refractivity contribution in [3.05, 3.63) is 59.2 Å². The molecule has 1 atom stereocenters. The smallest absolute Gasteiger partial charge is 0.335 e. The van der Waals surface area contributed by atoms with Gasteiger partial charge in [0.2, 0.25) is 5.91 Å². The Balaban J connectivity index is 1.62. The summed E-state index contributed by atoms with van der Waals surface area (Å²) < 4.78 is 11.2. The zero-order valence-corrected chi connectivity index (χ0v) is 16.1. The minimum atomic E-state index is -0.955. The van der Waals surface area contributed by atoms with Crippen LogP contribution in [-0.2, 0) is 11.2 Å². The molecule has 6 nitrogen and oxygen atoms in total. The first kappa shape index (κ1) is 19.7. The van der Waals surface area contributed by atoms with Crippen molar-refractivity contribution >= 4 is 11.9 Å². The number of ether oxygens (including phenoxy) is 2. The van der Waals surface area contributed by atoms with Crippen LogP contribution in [0.25, 0.3) is 0 Å². The van der Waals surface area contributed by atoms with E-state index in [-0.39, 0.29) is 23.4 Å². The molecule has 1 heterocycles. The molecule has 6 heteroatoms. The molecule has 148 valence electrons. The monoisotopic (exact) mass is 383 g/mol. The van der Waals surface area contributed by atoms with Crippen molar-refractivity contribution in [3.8, 4) is 11.5 Å². The molecule has 0 fully saturated rings. The van der Waals surface area contributed by atoms with Crippen molar-refractivity contribution in [1.82, 2.24) is 5.32 Å². The second-order valence-electron chi connectivity index (χ2n) is 7.19. The summed E-state index contributed by atoms with van der Waals surface area (Å²) in [6.45, 7) is 5.19. The lowest BCUT2D eigenvalue weighted by molar-refractivity contribution is -0.122. The van der Waals surface area contributed by atoms with Crippen LogP contribution < -0.4 is 14.8 Å². The molecule has 0 aliphatic carbocycles. The maximum Gasteiger partial charge on any atom is 0.335 e. The van der Waals surface area contributed by atoms with Crippen molar-refractivity contribution in [2.24, 2.45) is 5.92 Å². The van der Waals surface area contributed by atoms with Crippen molar-refractivity contribution in [2.45, 2.75) is 32.7 Å². The highest BCUT2D eigenvalue weighted by molar-refractivity contribution is 5.87. The highest BCUT2D eigenvalue weighted by Crippen LogP contribution is 2.34. The third-order valence-electron chi connectivity index (χ3n) is 4.75. The molecule has 2 N–H and O–H groups in total. The Morgan fingerprint density at radius 2 is 1.71 bits per heavy atom. The van der Waals surface area contributed by atoms with Crippen LogP contribution in [0.3, 0.4) is 0 Å². The van der Waals surface area contributed by atoms with Gasteiger partial charge in [0, 0.05) is 6.42 Å². The average molecular weight is 383 g/mol. The number of rotatable bonds is 7. The molecule has 28 heavy (non-hydrogen) atoms. The Morgan fingerprint density at radius 3 is 2.36 bits per heavy atom. The quantitative estimate of drug-likeness (QED) is 0.763. The molecule has 2 aromatic rings. The van der Waals surface area contributed by atoms with Gasteiger partial charge in [0.05, 0.1) is 11.6 Å². The number of benzene rings is 2. The van der Waals surface area contributed by atoms with Crippen molar-refractivity contribution in [3.63, 3.8) is 0 Å². The van der Waals surface area contributed by atoms with Gasteiger partial charge in [-0.2, -0.15) is 0 Å². The Labute approximate surface area is 164 Å². The van der Waals surface area contributed by atoms with Gasteiger partial charge in [0.15, 0.2) is 11.5 Å². The van der Waals surface area contributed by atoms with Crippen molar-refractivity contribution in [2.75, 3.05) is 13.2 Å². The lowest BCUT2D eigenvalue weighted by Gasteiger charge is -2.25. The number of nitrogens with one attached hydrogen (secondary N) is 1. The first-order valence-corrected chi connectivity index (χ1v) is 9.45. The van der Waals surface area contributed by atoms with Crippen LogP contribution in [0.1, 0.15) is 47.8 Å². The topological polar surface area (TPSA) is 84.9 Å². The summed E-state index contributed by atoms with van der Waals surface area (Å²) in [7, 11) is 0. The molecular weight excluding hydrogens is 358 g/mol. The third kappa shape index (κ3) is 4.82. The summed E-state index contributed by atoms with van der Waals surface area (Å²) in [4.78, 5) is 23.4. The fourth-order valence-corrected chi connectivity index (χ4v) is 3.21. The van der Waals surface area contributed by atoms with Gasteiger partial charge >= 0.3 is 5.97 Å². The number of amides is 1. The summed E-state index contributed by atoms with van der Waals surface area (Å²) in [5.74, 6) is 0.650. The minimum Gasteiger partial charge on any atom is -0.486 e. The second kappa shape index (κ2) is 8.78. The van der Waals surface area contributed by atoms with Crippen LogP contribution in [0.5, 0.6) is 11.5 Å². The van der Waals surface area contributed by atoms with Gasteiger partial charge < -0.3 is 19.9 Å². The number of hydrogen-bond acceptors (Lipinski definition) is 4. The molecule has 0 saturated carbocycles. The number of carboxylic acids is 1. The van der Waals surface area contributed by atoms with Crippen molar-refractivity contribution < 1.29 is 24.2 Å². The van der Waals surface area contributed by atoms with Gasteiger partial charge in [-0.25, -0.2) is 4.79 Å². The minimum absolute atomic E-state index is 0.0455. The van der Waals surface area contributed by atoms with Crippen LogP contribution >= 0.6 is 0 Å².